The molecule has 3 rings (SSSR count). The lowest BCUT2D eigenvalue weighted by Crippen LogP contribution is -2.13. The number of halogens is 3. The van der Waals surface area contributed by atoms with Crippen molar-refractivity contribution in [1.82, 2.24) is 9.97 Å². The van der Waals surface area contributed by atoms with E-state index >= 15 is 0 Å². The molecule has 0 saturated heterocycles. The van der Waals surface area contributed by atoms with Crippen LogP contribution < -0.4 is 10.6 Å². The van der Waals surface area contributed by atoms with Gasteiger partial charge in [0.25, 0.3) is 0 Å². The Kier molecular flexibility index (Phi) is 4.79. The van der Waals surface area contributed by atoms with Crippen LogP contribution in [0.2, 0.25) is 0 Å². The highest BCUT2D eigenvalue weighted by molar-refractivity contribution is 5.65. The van der Waals surface area contributed by atoms with Gasteiger partial charge in [0.15, 0.2) is 0 Å². The molecule has 1 aromatic heterocycles. The van der Waals surface area contributed by atoms with E-state index in [1.54, 1.807) is 18.2 Å². The second kappa shape index (κ2) is 7.03. The zero-order valence-electron chi connectivity index (χ0n) is 14.2. The van der Waals surface area contributed by atoms with Crippen LogP contribution in [0.25, 0.3) is 0 Å². The zero-order valence-corrected chi connectivity index (χ0v) is 14.2. The van der Waals surface area contributed by atoms with Crippen LogP contribution in [-0.2, 0) is 6.18 Å². The Morgan fingerprint density at radius 1 is 0.923 bits per heavy atom. The van der Waals surface area contributed by atoms with Gasteiger partial charge in [-0.3, -0.25) is 0 Å². The van der Waals surface area contributed by atoms with Crippen molar-refractivity contribution >= 4 is 23.1 Å². The van der Waals surface area contributed by atoms with E-state index in [4.69, 9.17) is 0 Å². The summed E-state index contributed by atoms with van der Waals surface area (Å²) in [4.78, 5) is 7.86. The number of nitrogens with one attached hydrogen (secondary N) is 2. The first-order valence-electron chi connectivity index (χ1n) is 7.93. The molecule has 0 saturated carbocycles. The molecule has 2 aromatic carbocycles. The first kappa shape index (κ1) is 17.7. The fourth-order valence-electron chi connectivity index (χ4n) is 2.44. The maximum absolute atomic E-state index is 13.3. The molecule has 0 aliphatic carbocycles. The van der Waals surface area contributed by atoms with Crippen molar-refractivity contribution in [3.05, 3.63) is 71.4 Å². The Morgan fingerprint density at radius 3 is 2.38 bits per heavy atom. The fraction of sp³-hybridized carbons (Fsp3) is 0.158. The van der Waals surface area contributed by atoms with Gasteiger partial charge in [-0.2, -0.15) is 18.2 Å². The minimum atomic E-state index is -4.56. The van der Waals surface area contributed by atoms with E-state index in [0.29, 0.717) is 11.4 Å². The molecule has 0 spiro atoms. The van der Waals surface area contributed by atoms with Crippen molar-refractivity contribution < 1.29 is 13.2 Å². The summed E-state index contributed by atoms with van der Waals surface area (Å²) in [6.07, 6.45) is -3.78. The lowest BCUT2D eigenvalue weighted by molar-refractivity contribution is -0.137. The largest absolute Gasteiger partial charge is 0.421 e. The van der Waals surface area contributed by atoms with Crippen LogP contribution >= 0.6 is 0 Å². The molecule has 0 radical (unpaired) electrons. The molecule has 0 aliphatic rings. The van der Waals surface area contributed by atoms with Gasteiger partial charge in [-0.25, -0.2) is 4.98 Å². The Balaban J connectivity index is 1.98. The zero-order chi connectivity index (χ0) is 18.7. The van der Waals surface area contributed by atoms with Crippen LogP contribution in [0.4, 0.5) is 36.3 Å². The molecule has 0 bridgehead atoms. The van der Waals surface area contributed by atoms with Crippen molar-refractivity contribution in [1.29, 1.82) is 0 Å². The van der Waals surface area contributed by atoms with E-state index in [2.05, 4.69) is 20.6 Å². The monoisotopic (exact) mass is 358 g/mol. The van der Waals surface area contributed by atoms with Gasteiger partial charge in [0, 0.05) is 17.6 Å². The highest BCUT2D eigenvalue weighted by Gasteiger charge is 2.35. The van der Waals surface area contributed by atoms with Crippen LogP contribution in [0, 0.1) is 13.8 Å². The van der Waals surface area contributed by atoms with E-state index in [1.807, 2.05) is 44.2 Å². The van der Waals surface area contributed by atoms with Crippen LogP contribution in [0.3, 0.4) is 0 Å². The van der Waals surface area contributed by atoms with Crippen molar-refractivity contribution in [3.63, 3.8) is 0 Å². The average Bonchev–Trinajstić information content (AvgIpc) is 2.56. The number of para-hydroxylation sites is 1. The quantitative estimate of drug-likeness (QED) is 0.637. The van der Waals surface area contributed by atoms with Gasteiger partial charge in [-0.1, -0.05) is 30.3 Å². The Morgan fingerprint density at radius 2 is 1.69 bits per heavy atom. The summed E-state index contributed by atoms with van der Waals surface area (Å²) in [6, 6.07) is 14.5. The van der Waals surface area contributed by atoms with E-state index < -0.39 is 11.7 Å². The number of aryl methyl sites for hydroxylation is 2. The van der Waals surface area contributed by atoms with Crippen molar-refractivity contribution in [3.8, 4) is 0 Å². The van der Waals surface area contributed by atoms with Crippen molar-refractivity contribution in [2.24, 2.45) is 0 Å². The molecule has 134 valence electrons. The number of nitrogens with zero attached hydrogens (tertiary/aromatic N) is 2. The lowest BCUT2D eigenvalue weighted by Gasteiger charge is -2.16. The highest BCUT2D eigenvalue weighted by Crippen LogP contribution is 2.35. The molecule has 26 heavy (non-hydrogen) atoms. The summed E-state index contributed by atoms with van der Waals surface area (Å²) in [5, 5.41) is 5.71. The number of anilines is 4. The summed E-state index contributed by atoms with van der Waals surface area (Å²) in [5.74, 6) is -0.211. The normalized spacial score (nSPS) is 11.3. The third-order valence-electron chi connectivity index (χ3n) is 3.77. The Bertz CT molecular complexity index is 923. The average molecular weight is 358 g/mol. The molecule has 0 unspecified atom stereocenters. The van der Waals surface area contributed by atoms with Crippen LogP contribution in [-0.4, -0.2) is 9.97 Å². The molecule has 0 fully saturated rings. The summed E-state index contributed by atoms with van der Waals surface area (Å²) < 4.78 is 40.0. The fourth-order valence-corrected chi connectivity index (χ4v) is 2.44. The first-order valence-corrected chi connectivity index (χ1v) is 7.93. The third-order valence-corrected chi connectivity index (χ3v) is 3.77. The van der Waals surface area contributed by atoms with Gasteiger partial charge in [0.2, 0.25) is 5.95 Å². The third kappa shape index (κ3) is 4.11. The van der Waals surface area contributed by atoms with Crippen LogP contribution in [0.15, 0.2) is 54.7 Å². The van der Waals surface area contributed by atoms with Gasteiger partial charge in [0.1, 0.15) is 11.4 Å². The SMILES string of the molecule is Cc1cccc(Nc2ncc(C(F)(F)F)c(Nc3ccccc3C)n2)c1. The lowest BCUT2D eigenvalue weighted by atomic mass is 10.2. The minimum absolute atomic E-state index is 0.0830. The molecule has 0 atom stereocenters. The van der Waals surface area contributed by atoms with Crippen LogP contribution in [0.1, 0.15) is 16.7 Å². The van der Waals surface area contributed by atoms with Crippen molar-refractivity contribution in [2.45, 2.75) is 20.0 Å². The Hall–Kier alpha value is -3.09. The molecule has 3 aromatic rings. The van der Waals surface area contributed by atoms with Gasteiger partial charge >= 0.3 is 6.18 Å². The number of alkyl halides is 3. The predicted octanol–water partition coefficient (Wildman–Crippen LogP) is 5.60. The maximum Gasteiger partial charge on any atom is 0.421 e. The summed E-state index contributed by atoms with van der Waals surface area (Å²) >= 11 is 0. The molecule has 2 N–H and O–H groups in total. The van der Waals surface area contributed by atoms with Gasteiger partial charge in [-0.05, 0) is 43.2 Å². The molecular weight excluding hydrogens is 341 g/mol. The van der Waals surface area contributed by atoms with E-state index in [1.165, 1.54) is 0 Å². The number of hydrogen-bond donors (Lipinski definition) is 2. The number of benzene rings is 2. The second-order valence-electron chi connectivity index (χ2n) is 5.89. The molecule has 1 heterocycles. The molecule has 7 heteroatoms. The van der Waals surface area contributed by atoms with Gasteiger partial charge in [-0.15, -0.1) is 0 Å². The molecular formula is C19H17F3N4. The van der Waals surface area contributed by atoms with E-state index in [0.717, 1.165) is 17.3 Å². The first-order chi connectivity index (χ1) is 12.3. The van der Waals surface area contributed by atoms with Gasteiger partial charge in [0.05, 0.1) is 0 Å². The van der Waals surface area contributed by atoms with Gasteiger partial charge < -0.3 is 10.6 Å². The number of rotatable bonds is 4. The smallest absolute Gasteiger partial charge is 0.339 e. The second-order valence-corrected chi connectivity index (χ2v) is 5.89. The number of aromatic nitrogens is 2. The predicted molar refractivity (Wildman–Crippen MR) is 96.0 cm³/mol. The molecule has 0 aliphatic heterocycles. The van der Waals surface area contributed by atoms with E-state index in [9.17, 15) is 13.2 Å². The number of hydrogen-bond acceptors (Lipinski definition) is 4. The highest BCUT2D eigenvalue weighted by atomic mass is 19.4. The minimum Gasteiger partial charge on any atom is -0.339 e. The Labute approximate surface area is 149 Å². The standard InChI is InChI=1S/C19H17F3N4/c1-12-6-5-8-14(10-12)24-18-23-11-15(19(20,21)22)17(26-18)25-16-9-4-3-7-13(16)2/h3-11H,1-2H3,(H2,23,24,25,26). The maximum atomic E-state index is 13.3. The van der Waals surface area contributed by atoms with E-state index in [-0.39, 0.29) is 11.8 Å². The topological polar surface area (TPSA) is 49.8 Å². The molecule has 4 nitrogen and oxygen atoms in total. The van der Waals surface area contributed by atoms with Crippen LogP contribution in [0.5, 0.6) is 0 Å². The summed E-state index contributed by atoms with van der Waals surface area (Å²) in [5.41, 5.74) is 2.16. The summed E-state index contributed by atoms with van der Waals surface area (Å²) in [7, 11) is 0. The molecule has 0 amide bonds. The summed E-state index contributed by atoms with van der Waals surface area (Å²) in [6.45, 7) is 3.73. The van der Waals surface area contributed by atoms with Crippen molar-refractivity contribution in [2.75, 3.05) is 10.6 Å².